The van der Waals surface area contributed by atoms with Crippen LogP contribution in [0.15, 0.2) is 35.8 Å². The van der Waals surface area contributed by atoms with Crippen molar-refractivity contribution >= 4 is 46.0 Å². The number of hydrazine groups is 1. The number of anilines is 1. The third-order valence-corrected chi connectivity index (χ3v) is 13.3. The third-order valence-electron chi connectivity index (χ3n) is 12.4. The number of methoxy groups -OCH3 is 1. The van der Waals surface area contributed by atoms with E-state index in [2.05, 4.69) is 84.1 Å². The van der Waals surface area contributed by atoms with Gasteiger partial charge in [-0.3, -0.25) is 19.6 Å². The summed E-state index contributed by atoms with van der Waals surface area (Å²) in [5.74, 6) is -0.645. The van der Waals surface area contributed by atoms with Crippen LogP contribution in [-0.4, -0.2) is 127 Å². The molecular formula is C44H58N8O6S. The van der Waals surface area contributed by atoms with Gasteiger partial charge in [0.15, 0.2) is 0 Å². The van der Waals surface area contributed by atoms with Crippen LogP contribution in [0.5, 0.6) is 0 Å². The van der Waals surface area contributed by atoms with E-state index in [0.29, 0.717) is 45.4 Å². The number of hydrogen-bond donors (Lipinski definition) is 2. The van der Waals surface area contributed by atoms with Gasteiger partial charge in [-0.2, -0.15) is 0 Å². The number of piperazine rings is 1. The number of amides is 2. The van der Waals surface area contributed by atoms with Crippen LogP contribution >= 0.6 is 11.3 Å². The van der Waals surface area contributed by atoms with E-state index in [1.54, 1.807) is 7.11 Å². The number of likely N-dealkylation sites (N-methyl/N-ethyl adjacent to an activating group) is 1. The zero-order valence-electron chi connectivity index (χ0n) is 35.2. The van der Waals surface area contributed by atoms with Gasteiger partial charge in [-0.1, -0.05) is 19.9 Å². The van der Waals surface area contributed by atoms with E-state index in [9.17, 15) is 14.4 Å². The van der Waals surface area contributed by atoms with E-state index in [0.717, 1.165) is 88.8 Å². The molecule has 0 saturated carbocycles. The van der Waals surface area contributed by atoms with Crippen molar-refractivity contribution in [2.45, 2.75) is 90.1 Å². The first-order valence-corrected chi connectivity index (χ1v) is 21.9. The molecule has 15 heteroatoms. The summed E-state index contributed by atoms with van der Waals surface area (Å²) in [5.41, 5.74) is 9.99. The number of nitrogens with one attached hydrogen (secondary N) is 2. The Balaban J connectivity index is 1.26. The number of thiazole rings is 1. The van der Waals surface area contributed by atoms with E-state index in [1.807, 2.05) is 11.6 Å². The lowest BCUT2D eigenvalue weighted by atomic mass is 9.84. The van der Waals surface area contributed by atoms with Crippen molar-refractivity contribution in [1.82, 2.24) is 35.2 Å². The average molecular weight is 827 g/mol. The second-order valence-corrected chi connectivity index (χ2v) is 18.4. The van der Waals surface area contributed by atoms with Crippen molar-refractivity contribution in [3.05, 3.63) is 52.1 Å². The topological polar surface area (TPSA) is 143 Å². The van der Waals surface area contributed by atoms with E-state index < -0.39 is 17.7 Å². The minimum atomic E-state index is -1.10. The fourth-order valence-corrected chi connectivity index (χ4v) is 9.74. The number of hydrogen-bond acceptors (Lipinski definition) is 12. The Labute approximate surface area is 350 Å². The number of ether oxygens (including phenoxy) is 3. The predicted molar refractivity (Wildman–Crippen MR) is 228 cm³/mol. The highest BCUT2D eigenvalue weighted by Gasteiger charge is 2.41. The van der Waals surface area contributed by atoms with Crippen molar-refractivity contribution in [3.8, 4) is 22.5 Å². The Morgan fingerprint density at radius 3 is 2.68 bits per heavy atom. The molecule has 7 heterocycles. The van der Waals surface area contributed by atoms with Gasteiger partial charge in [0.1, 0.15) is 24.0 Å². The molecule has 4 aliphatic rings. The first kappa shape index (κ1) is 41.5. The number of carbonyl (C=O) groups is 3. The molecule has 0 aliphatic carbocycles. The fourth-order valence-electron chi connectivity index (χ4n) is 8.89. The number of aromatic nitrogens is 3. The van der Waals surface area contributed by atoms with Gasteiger partial charge in [-0.15, -0.1) is 11.3 Å². The number of benzene rings is 1. The van der Waals surface area contributed by atoms with Crippen molar-refractivity contribution in [2.24, 2.45) is 5.41 Å². The van der Waals surface area contributed by atoms with Gasteiger partial charge < -0.3 is 38.7 Å². The van der Waals surface area contributed by atoms with Crippen LogP contribution in [0.2, 0.25) is 0 Å². The van der Waals surface area contributed by atoms with Gasteiger partial charge in [-0.05, 0) is 69.3 Å². The zero-order valence-corrected chi connectivity index (χ0v) is 36.0. The minimum Gasteiger partial charge on any atom is -0.378 e. The van der Waals surface area contributed by atoms with Crippen molar-refractivity contribution in [3.63, 3.8) is 0 Å². The second-order valence-electron chi connectivity index (χ2n) is 17.5. The lowest BCUT2D eigenvalue weighted by molar-refractivity contribution is -0.152. The molecule has 0 spiro atoms. The van der Waals surface area contributed by atoms with Crippen molar-refractivity contribution < 1.29 is 28.6 Å². The largest absolute Gasteiger partial charge is 0.378 e. The molecule has 2 amide bonds. The summed E-state index contributed by atoms with van der Waals surface area (Å²) in [7, 11) is 3.90. The molecule has 3 aromatic heterocycles. The number of carbonyl (C=O) groups excluding carboxylic acids is 3. The molecule has 4 atom stereocenters. The lowest BCUT2D eigenvalue weighted by Crippen LogP contribution is -2.66. The summed E-state index contributed by atoms with van der Waals surface area (Å²) in [6.07, 6.45) is 4.63. The van der Waals surface area contributed by atoms with E-state index in [1.165, 1.54) is 21.9 Å². The average Bonchev–Trinajstić information content (AvgIpc) is 3.80. The molecule has 4 aromatic rings. The number of fused-ring (bicyclic) bond motifs is 6. The van der Waals surface area contributed by atoms with Gasteiger partial charge in [-0.25, -0.2) is 10.4 Å². The molecule has 3 saturated heterocycles. The van der Waals surface area contributed by atoms with Gasteiger partial charge in [0, 0.05) is 86.6 Å². The van der Waals surface area contributed by atoms with Crippen LogP contribution in [-0.2, 0) is 48.0 Å². The molecule has 59 heavy (non-hydrogen) atoms. The maximum atomic E-state index is 14.2. The summed E-state index contributed by atoms with van der Waals surface area (Å²) >= 11 is 1.47. The zero-order chi connectivity index (χ0) is 41.5. The number of aldehydes is 1. The predicted octanol–water partition coefficient (Wildman–Crippen LogP) is 4.79. The molecule has 4 aliphatic heterocycles. The Kier molecular flexibility index (Phi) is 12.0. The smallest absolute Gasteiger partial charge is 0.259 e. The number of pyridine rings is 1. The number of aryl methyl sites for hydroxylation is 1. The van der Waals surface area contributed by atoms with E-state index >= 15 is 0 Å². The highest BCUT2D eigenvalue weighted by Crippen LogP contribution is 2.43. The quantitative estimate of drug-likeness (QED) is 0.237. The maximum absolute atomic E-state index is 14.2. The first-order valence-electron chi connectivity index (χ1n) is 21.0. The normalized spacial score (nSPS) is 24.7. The Morgan fingerprint density at radius 2 is 1.97 bits per heavy atom. The minimum absolute atomic E-state index is 0.0900. The highest BCUT2D eigenvalue weighted by molar-refractivity contribution is 7.10. The number of rotatable bonds is 8. The van der Waals surface area contributed by atoms with E-state index in [4.69, 9.17) is 24.2 Å². The molecule has 0 radical (unpaired) electrons. The van der Waals surface area contributed by atoms with Crippen LogP contribution in [0.25, 0.3) is 33.4 Å². The van der Waals surface area contributed by atoms with Gasteiger partial charge >= 0.3 is 0 Å². The summed E-state index contributed by atoms with van der Waals surface area (Å²) in [6, 6.07) is 7.97. The van der Waals surface area contributed by atoms with Crippen LogP contribution in [0.3, 0.4) is 0 Å². The van der Waals surface area contributed by atoms with Gasteiger partial charge in [0.05, 0.1) is 59.9 Å². The summed E-state index contributed by atoms with van der Waals surface area (Å²) in [5, 5.41) is 8.31. The van der Waals surface area contributed by atoms with Crippen LogP contribution in [0, 0.1) is 5.41 Å². The molecule has 3 fully saturated rings. The SMILES string of the molecule is CCn1c(-c2cc(N3CCN(C)CC3)cnc2[C@H](C)OC)c2c3cc(ccc31)-c1csc(n1)C[C@H](NC(=O)[C@H]1CCO1)C(=O)N1CCC[C@](C=O)(COCC(C)(C)C2)N1. The fraction of sp³-hybridized carbons (Fsp3) is 0.568. The third kappa shape index (κ3) is 8.42. The maximum Gasteiger partial charge on any atom is 0.259 e. The van der Waals surface area contributed by atoms with Gasteiger partial charge in [0.2, 0.25) is 5.91 Å². The molecule has 8 rings (SSSR count). The molecule has 14 nitrogen and oxygen atoms in total. The lowest BCUT2D eigenvalue weighted by Gasteiger charge is -2.42. The van der Waals surface area contributed by atoms with Crippen LogP contribution in [0.1, 0.15) is 69.3 Å². The second kappa shape index (κ2) is 17.0. The molecule has 1 aromatic carbocycles. The number of nitrogens with zero attached hydrogens (tertiary/aromatic N) is 6. The summed E-state index contributed by atoms with van der Waals surface area (Å²) in [6.45, 7) is 14.6. The molecule has 316 valence electrons. The molecule has 2 N–H and O–H groups in total. The Bertz CT molecular complexity index is 2190. The molecule has 6 bridgehead atoms. The standard InChI is InChI=1S/C44H58N8O6S/c1-7-51-36-10-9-29-19-31(36)33(40(51)32-20-30(23-45-39(32)28(2)56-6)50-16-14-49(5)15-17-50)22-43(3,4)26-57-27-44(25-53)12-8-13-52(48-44)42(55)34(21-38-46-35(29)24-59-38)47-41(54)37-11-18-58-37/h9-10,19-20,23-25,28,34,37,48H,7-8,11-18,21-22,26-27H2,1-6H3,(H,47,54)/t28-,34-,37+,44-/m0/s1. The summed E-state index contributed by atoms with van der Waals surface area (Å²) < 4.78 is 20.3. The van der Waals surface area contributed by atoms with E-state index in [-0.39, 0.29) is 36.4 Å². The van der Waals surface area contributed by atoms with Crippen LogP contribution < -0.4 is 15.6 Å². The monoisotopic (exact) mass is 826 g/mol. The highest BCUT2D eigenvalue weighted by atomic mass is 32.1. The van der Waals surface area contributed by atoms with Crippen molar-refractivity contribution in [2.75, 3.05) is 71.6 Å². The Hall–Kier alpha value is -4.25. The molecule has 0 unspecified atom stereocenters. The first-order chi connectivity index (χ1) is 28.4. The molecular weight excluding hydrogens is 769 g/mol. The van der Waals surface area contributed by atoms with Gasteiger partial charge in [0.25, 0.3) is 5.91 Å². The van der Waals surface area contributed by atoms with Crippen molar-refractivity contribution in [1.29, 1.82) is 0 Å². The van der Waals surface area contributed by atoms with Crippen LogP contribution in [0.4, 0.5) is 5.69 Å². The summed E-state index contributed by atoms with van der Waals surface area (Å²) in [4.78, 5) is 55.3. The Morgan fingerprint density at radius 1 is 1.17 bits per heavy atom.